The standard InChI is InChI=1S/C21H33N3O/c1-6-12-24(13-7-2)14-11-16-15-22-17-9-8-10-18(19(16)17)23-20(25)21(3,4)5/h8-10,15,22H,6-7,11-14H2,1-5H3,(H,23,25). The molecule has 4 nitrogen and oxygen atoms in total. The summed E-state index contributed by atoms with van der Waals surface area (Å²) in [5, 5.41) is 4.26. The van der Waals surface area contributed by atoms with Crippen LogP contribution in [0.15, 0.2) is 24.4 Å². The predicted octanol–water partition coefficient (Wildman–Crippen LogP) is 4.82. The Balaban J connectivity index is 2.22. The summed E-state index contributed by atoms with van der Waals surface area (Å²) in [6.45, 7) is 13.6. The molecule has 25 heavy (non-hydrogen) atoms. The van der Waals surface area contributed by atoms with Crippen LogP contribution in [-0.2, 0) is 11.2 Å². The number of benzene rings is 1. The first kappa shape index (κ1) is 19.5. The smallest absolute Gasteiger partial charge is 0.229 e. The summed E-state index contributed by atoms with van der Waals surface area (Å²) in [6.07, 6.45) is 5.44. The van der Waals surface area contributed by atoms with Gasteiger partial charge in [0.25, 0.3) is 0 Å². The predicted molar refractivity (Wildman–Crippen MR) is 107 cm³/mol. The van der Waals surface area contributed by atoms with E-state index in [4.69, 9.17) is 0 Å². The minimum absolute atomic E-state index is 0.0470. The number of rotatable bonds is 8. The van der Waals surface area contributed by atoms with E-state index in [2.05, 4.69) is 41.3 Å². The maximum atomic E-state index is 12.4. The average molecular weight is 344 g/mol. The summed E-state index contributed by atoms with van der Waals surface area (Å²) in [6, 6.07) is 6.06. The summed E-state index contributed by atoms with van der Waals surface area (Å²) >= 11 is 0. The van der Waals surface area contributed by atoms with E-state index in [1.165, 1.54) is 18.4 Å². The second-order valence-corrected chi connectivity index (χ2v) is 7.84. The van der Waals surface area contributed by atoms with Crippen LogP contribution in [0.5, 0.6) is 0 Å². The van der Waals surface area contributed by atoms with Crippen molar-refractivity contribution in [2.45, 2.75) is 53.9 Å². The lowest BCUT2D eigenvalue weighted by molar-refractivity contribution is -0.123. The second kappa shape index (κ2) is 8.52. The van der Waals surface area contributed by atoms with Crippen LogP contribution >= 0.6 is 0 Å². The Hall–Kier alpha value is -1.81. The number of nitrogens with one attached hydrogen (secondary N) is 2. The van der Waals surface area contributed by atoms with E-state index < -0.39 is 5.41 Å². The number of hydrogen-bond donors (Lipinski definition) is 2. The van der Waals surface area contributed by atoms with Crippen molar-refractivity contribution in [3.05, 3.63) is 30.0 Å². The van der Waals surface area contributed by atoms with Crippen LogP contribution < -0.4 is 5.32 Å². The van der Waals surface area contributed by atoms with Gasteiger partial charge in [-0.3, -0.25) is 4.79 Å². The molecular weight excluding hydrogens is 310 g/mol. The largest absolute Gasteiger partial charge is 0.361 e. The van der Waals surface area contributed by atoms with Crippen LogP contribution in [-0.4, -0.2) is 35.4 Å². The van der Waals surface area contributed by atoms with E-state index in [1.54, 1.807) is 0 Å². The van der Waals surface area contributed by atoms with Gasteiger partial charge in [0, 0.05) is 29.1 Å². The zero-order valence-corrected chi connectivity index (χ0v) is 16.4. The Kier molecular flexibility index (Phi) is 6.65. The normalized spacial score (nSPS) is 12.1. The number of nitrogens with zero attached hydrogens (tertiary/aromatic N) is 1. The Morgan fingerprint density at radius 3 is 2.40 bits per heavy atom. The van der Waals surface area contributed by atoms with Gasteiger partial charge in [-0.1, -0.05) is 40.7 Å². The summed E-state index contributed by atoms with van der Waals surface area (Å²) < 4.78 is 0. The van der Waals surface area contributed by atoms with Crippen molar-refractivity contribution in [1.82, 2.24) is 9.88 Å². The molecule has 4 heteroatoms. The number of H-pyrrole nitrogens is 1. The lowest BCUT2D eigenvalue weighted by Crippen LogP contribution is -2.28. The number of anilines is 1. The Bertz CT molecular complexity index is 691. The monoisotopic (exact) mass is 343 g/mol. The first-order valence-electron chi connectivity index (χ1n) is 9.49. The van der Waals surface area contributed by atoms with Crippen molar-refractivity contribution in [1.29, 1.82) is 0 Å². The van der Waals surface area contributed by atoms with Crippen LogP contribution in [0.2, 0.25) is 0 Å². The van der Waals surface area contributed by atoms with Crippen LogP contribution in [0.4, 0.5) is 5.69 Å². The highest BCUT2D eigenvalue weighted by Crippen LogP contribution is 2.29. The Morgan fingerprint density at radius 2 is 1.80 bits per heavy atom. The molecule has 0 aliphatic rings. The van der Waals surface area contributed by atoms with E-state index in [0.717, 1.165) is 42.6 Å². The molecule has 0 aliphatic heterocycles. The zero-order chi connectivity index (χ0) is 18.4. The van der Waals surface area contributed by atoms with Gasteiger partial charge in [-0.2, -0.15) is 0 Å². The molecule has 1 amide bonds. The Labute approximate surface area is 152 Å². The molecule has 0 aliphatic carbocycles. The van der Waals surface area contributed by atoms with Crippen LogP contribution in [0.25, 0.3) is 10.9 Å². The van der Waals surface area contributed by atoms with Gasteiger partial charge in [0.05, 0.1) is 5.69 Å². The fourth-order valence-corrected chi connectivity index (χ4v) is 3.11. The average Bonchev–Trinajstić information content (AvgIpc) is 2.96. The molecule has 2 rings (SSSR count). The molecule has 0 spiro atoms. The molecule has 0 fully saturated rings. The first-order valence-corrected chi connectivity index (χ1v) is 9.49. The minimum atomic E-state index is -0.405. The number of aromatic amines is 1. The Morgan fingerprint density at radius 1 is 1.12 bits per heavy atom. The fraction of sp³-hybridized carbons (Fsp3) is 0.571. The molecule has 0 saturated carbocycles. The van der Waals surface area contributed by atoms with Crippen LogP contribution in [0.3, 0.4) is 0 Å². The van der Waals surface area contributed by atoms with Crippen molar-refractivity contribution in [3.8, 4) is 0 Å². The lowest BCUT2D eigenvalue weighted by atomic mass is 9.95. The summed E-state index contributed by atoms with van der Waals surface area (Å²) in [5.74, 6) is 0.0470. The van der Waals surface area contributed by atoms with Gasteiger partial charge >= 0.3 is 0 Å². The molecule has 0 unspecified atom stereocenters. The van der Waals surface area contributed by atoms with Crippen molar-refractivity contribution >= 4 is 22.5 Å². The van der Waals surface area contributed by atoms with E-state index >= 15 is 0 Å². The maximum Gasteiger partial charge on any atom is 0.229 e. The topological polar surface area (TPSA) is 48.1 Å². The van der Waals surface area contributed by atoms with Crippen LogP contribution in [0.1, 0.15) is 53.0 Å². The van der Waals surface area contributed by atoms with Gasteiger partial charge in [0.15, 0.2) is 0 Å². The number of amides is 1. The van der Waals surface area contributed by atoms with Gasteiger partial charge in [-0.15, -0.1) is 0 Å². The number of aromatic nitrogens is 1. The molecule has 0 saturated heterocycles. The lowest BCUT2D eigenvalue weighted by Gasteiger charge is -2.21. The second-order valence-electron chi connectivity index (χ2n) is 7.84. The molecular formula is C21H33N3O. The van der Waals surface area contributed by atoms with Crippen LogP contribution in [0, 0.1) is 5.41 Å². The highest BCUT2D eigenvalue weighted by atomic mass is 16.2. The molecule has 1 aromatic carbocycles. The summed E-state index contributed by atoms with van der Waals surface area (Å²) in [4.78, 5) is 18.3. The minimum Gasteiger partial charge on any atom is -0.361 e. The summed E-state index contributed by atoms with van der Waals surface area (Å²) in [5.41, 5.74) is 2.86. The molecule has 1 aromatic heterocycles. The molecule has 1 heterocycles. The van der Waals surface area contributed by atoms with Gasteiger partial charge in [-0.05, 0) is 50.0 Å². The van der Waals surface area contributed by atoms with E-state index in [1.807, 2.05) is 32.9 Å². The zero-order valence-electron chi connectivity index (χ0n) is 16.4. The number of fused-ring (bicyclic) bond motifs is 1. The third kappa shape index (κ3) is 5.08. The molecule has 0 atom stereocenters. The maximum absolute atomic E-state index is 12.4. The van der Waals surface area contributed by atoms with Crippen molar-refractivity contribution in [3.63, 3.8) is 0 Å². The molecule has 0 radical (unpaired) electrons. The number of carbonyl (C=O) groups is 1. The molecule has 2 N–H and O–H groups in total. The van der Waals surface area contributed by atoms with Crippen molar-refractivity contribution in [2.24, 2.45) is 5.41 Å². The van der Waals surface area contributed by atoms with Crippen molar-refractivity contribution in [2.75, 3.05) is 25.0 Å². The summed E-state index contributed by atoms with van der Waals surface area (Å²) in [7, 11) is 0. The third-order valence-corrected chi connectivity index (χ3v) is 4.49. The highest BCUT2D eigenvalue weighted by Gasteiger charge is 2.22. The third-order valence-electron chi connectivity index (χ3n) is 4.49. The van der Waals surface area contributed by atoms with E-state index in [9.17, 15) is 4.79 Å². The molecule has 138 valence electrons. The fourth-order valence-electron chi connectivity index (χ4n) is 3.11. The SMILES string of the molecule is CCCN(CCC)CCc1c[nH]c2cccc(NC(=O)C(C)(C)C)c12. The highest BCUT2D eigenvalue weighted by molar-refractivity contribution is 6.04. The van der Waals surface area contributed by atoms with Crippen molar-refractivity contribution < 1.29 is 4.79 Å². The molecule has 0 bridgehead atoms. The number of carbonyl (C=O) groups excluding carboxylic acids is 1. The van der Waals surface area contributed by atoms with Gasteiger partial charge in [0.1, 0.15) is 0 Å². The van der Waals surface area contributed by atoms with Gasteiger partial charge in [0.2, 0.25) is 5.91 Å². The van der Waals surface area contributed by atoms with Gasteiger partial charge in [-0.25, -0.2) is 0 Å². The van der Waals surface area contributed by atoms with Gasteiger partial charge < -0.3 is 15.2 Å². The quantitative estimate of drug-likeness (QED) is 0.722. The first-order chi connectivity index (χ1) is 11.9. The van der Waals surface area contributed by atoms with E-state index in [-0.39, 0.29) is 5.91 Å². The molecule has 2 aromatic rings. The number of hydrogen-bond acceptors (Lipinski definition) is 2. The van der Waals surface area contributed by atoms with E-state index in [0.29, 0.717) is 0 Å².